The predicted octanol–water partition coefficient (Wildman–Crippen LogP) is 2.92. The molecule has 1 heterocycles. The van der Waals surface area contributed by atoms with Crippen LogP contribution in [0.15, 0.2) is 23.1 Å². The van der Waals surface area contributed by atoms with Gasteiger partial charge in [-0.2, -0.15) is 0 Å². The molecule has 3 nitrogen and oxygen atoms in total. The molecule has 1 amide bonds. The first kappa shape index (κ1) is 15.4. The van der Waals surface area contributed by atoms with Gasteiger partial charge in [0.2, 0.25) is 0 Å². The Morgan fingerprint density at radius 3 is 2.75 bits per heavy atom. The van der Waals surface area contributed by atoms with Gasteiger partial charge in [-0.1, -0.05) is 19.9 Å². The smallest absolute Gasteiger partial charge is 0.254 e. The summed E-state index contributed by atoms with van der Waals surface area (Å²) in [7, 11) is 0. The second kappa shape index (κ2) is 5.78. The molecule has 1 aliphatic rings. The first-order chi connectivity index (χ1) is 9.35. The van der Waals surface area contributed by atoms with Crippen LogP contribution in [-0.4, -0.2) is 36.2 Å². The molecule has 1 aromatic carbocycles. The number of nitrogens with two attached hydrogens (primary N) is 1. The molecule has 1 aliphatic heterocycles. The van der Waals surface area contributed by atoms with Crippen LogP contribution in [0, 0.1) is 12.3 Å². The van der Waals surface area contributed by atoms with Gasteiger partial charge in [-0.05, 0) is 42.7 Å². The first-order valence-electron chi connectivity index (χ1n) is 7.04. The number of hydrogen-bond acceptors (Lipinski definition) is 3. The van der Waals surface area contributed by atoms with Crippen molar-refractivity contribution in [3.8, 4) is 0 Å². The van der Waals surface area contributed by atoms with Crippen LogP contribution in [0.4, 0.5) is 0 Å². The minimum Gasteiger partial charge on any atom is -0.338 e. The van der Waals surface area contributed by atoms with Crippen LogP contribution in [-0.2, 0) is 0 Å². The van der Waals surface area contributed by atoms with E-state index < -0.39 is 0 Å². The van der Waals surface area contributed by atoms with Crippen LogP contribution in [0.3, 0.4) is 0 Å². The lowest BCUT2D eigenvalue weighted by atomic mass is 9.79. The van der Waals surface area contributed by atoms with Crippen LogP contribution in [0.1, 0.15) is 36.2 Å². The number of thioether (sulfide) groups is 1. The SMILES string of the molecule is CSc1ccc(C)c(C(=O)N2CCC(N)C(C)(C)C2)c1. The van der Waals surface area contributed by atoms with Crippen molar-refractivity contribution in [3.05, 3.63) is 29.3 Å². The third-order valence-electron chi connectivity index (χ3n) is 4.27. The highest BCUT2D eigenvalue weighted by atomic mass is 32.2. The molecule has 1 aromatic rings. The second-order valence-electron chi connectivity index (χ2n) is 6.29. The van der Waals surface area contributed by atoms with Crippen LogP contribution in [0.25, 0.3) is 0 Å². The Balaban J connectivity index is 2.24. The Morgan fingerprint density at radius 2 is 2.15 bits per heavy atom. The summed E-state index contributed by atoms with van der Waals surface area (Å²) in [4.78, 5) is 15.8. The molecule has 1 fully saturated rings. The molecule has 2 N–H and O–H groups in total. The third kappa shape index (κ3) is 3.01. The topological polar surface area (TPSA) is 46.3 Å². The first-order valence-corrected chi connectivity index (χ1v) is 8.27. The summed E-state index contributed by atoms with van der Waals surface area (Å²) in [6, 6.07) is 6.27. The molecule has 110 valence electrons. The van der Waals surface area contributed by atoms with Gasteiger partial charge in [0.15, 0.2) is 0 Å². The van der Waals surface area contributed by atoms with E-state index in [1.807, 2.05) is 30.2 Å². The molecule has 1 atom stereocenters. The standard InChI is InChI=1S/C16H24N2OS/c1-11-5-6-12(20-4)9-13(11)15(19)18-8-7-14(17)16(2,3)10-18/h5-6,9,14H,7-8,10,17H2,1-4H3. The van der Waals surface area contributed by atoms with Gasteiger partial charge < -0.3 is 10.6 Å². The zero-order valence-corrected chi connectivity index (χ0v) is 13.6. The predicted molar refractivity (Wildman–Crippen MR) is 85.2 cm³/mol. The van der Waals surface area contributed by atoms with Crippen LogP contribution >= 0.6 is 11.8 Å². The number of nitrogens with zero attached hydrogens (tertiary/aromatic N) is 1. The summed E-state index contributed by atoms with van der Waals surface area (Å²) in [6.45, 7) is 7.77. The summed E-state index contributed by atoms with van der Waals surface area (Å²) in [5.74, 6) is 0.137. The molecule has 20 heavy (non-hydrogen) atoms. The molecule has 0 spiro atoms. The van der Waals surface area contributed by atoms with E-state index >= 15 is 0 Å². The number of amides is 1. The molecule has 0 radical (unpaired) electrons. The molecule has 0 aromatic heterocycles. The average molecular weight is 292 g/mol. The van der Waals surface area contributed by atoms with Crippen LogP contribution in [0.2, 0.25) is 0 Å². The van der Waals surface area contributed by atoms with Gasteiger partial charge in [-0.3, -0.25) is 4.79 Å². The maximum atomic E-state index is 12.8. The van der Waals surface area contributed by atoms with Crippen LogP contribution < -0.4 is 5.73 Å². The Morgan fingerprint density at radius 1 is 1.45 bits per heavy atom. The Hall–Kier alpha value is -1.00. The minimum absolute atomic E-state index is 0.0149. The zero-order valence-electron chi connectivity index (χ0n) is 12.8. The molecule has 0 aliphatic carbocycles. The van der Waals surface area contributed by atoms with Crippen molar-refractivity contribution in [2.45, 2.75) is 38.1 Å². The highest BCUT2D eigenvalue weighted by Crippen LogP contribution is 2.29. The zero-order chi connectivity index (χ0) is 14.9. The molecule has 2 rings (SSSR count). The monoisotopic (exact) mass is 292 g/mol. The van der Waals surface area contributed by atoms with Crippen LogP contribution in [0.5, 0.6) is 0 Å². The van der Waals surface area contributed by atoms with Crippen molar-refractivity contribution in [1.29, 1.82) is 0 Å². The average Bonchev–Trinajstić information content (AvgIpc) is 2.41. The highest BCUT2D eigenvalue weighted by molar-refractivity contribution is 7.98. The largest absolute Gasteiger partial charge is 0.338 e. The van der Waals surface area contributed by atoms with E-state index in [4.69, 9.17) is 5.73 Å². The Bertz CT molecular complexity index is 513. The van der Waals surface area contributed by atoms with E-state index in [9.17, 15) is 4.79 Å². The normalized spacial score (nSPS) is 21.9. The maximum absolute atomic E-state index is 12.8. The summed E-state index contributed by atoms with van der Waals surface area (Å²) in [5, 5.41) is 0. The quantitative estimate of drug-likeness (QED) is 0.853. The lowest BCUT2D eigenvalue weighted by Crippen LogP contribution is -2.54. The number of likely N-dealkylation sites (tertiary alicyclic amines) is 1. The van der Waals surface area contributed by atoms with Crippen molar-refractivity contribution in [3.63, 3.8) is 0 Å². The van der Waals surface area contributed by atoms with E-state index in [0.717, 1.165) is 35.5 Å². The number of carbonyl (C=O) groups is 1. The van der Waals surface area contributed by atoms with Gasteiger partial charge >= 0.3 is 0 Å². The van der Waals surface area contributed by atoms with E-state index in [1.54, 1.807) is 11.8 Å². The lowest BCUT2D eigenvalue weighted by Gasteiger charge is -2.42. The number of rotatable bonds is 2. The van der Waals surface area contributed by atoms with Gasteiger partial charge in [-0.15, -0.1) is 11.8 Å². The Kier molecular flexibility index (Phi) is 4.45. The fourth-order valence-corrected chi connectivity index (χ4v) is 3.12. The summed E-state index contributed by atoms with van der Waals surface area (Å²) in [5.41, 5.74) is 8.00. The summed E-state index contributed by atoms with van der Waals surface area (Å²) < 4.78 is 0. The van der Waals surface area contributed by atoms with Crippen molar-refractivity contribution in [2.75, 3.05) is 19.3 Å². The maximum Gasteiger partial charge on any atom is 0.254 e. The lowest BCUT2D eigenvalue weighted by molar-refractivity contribution is 0.0532. The highest BCUT2D eigenvalue weighted by Gasteiger charge is 2.35. The molecular formula is C16H24N2OS. The van der Waals surface area contributed by atoms with E-state index in [0.29, 0.717) is 0 Å². The second-order valence-corrected chi connectivity index (χ2v) is 7.17. The number of piperidine rings is 1. The van der Waals surface area contributed by atoms with Crippen molar-refractivity contribution in [2.24, 2.45) is 11.1 Å². The molecule has 0 bridgehead atoms. The number of aryl methyl sites for hydroxylation is 1. The van der Waals surface area contributed by atoms with Gasteiger partial charge in [0, 0.05) is 29.6 Å². The van der Waals surface area contributed by atoms with Gasteiger partial charge in [-0.25, -0.2) is 0 Å². The summed E-state index contributed by atoms with van der Waals surface area (Å²) >= 11 is 1.67. The molecule has 4 heteroatoms. The van der Waals surface area contributed by atoms with Gasteiger partial charge in [0.25, 0.3) is 5.91 Å². The van der Waals surface area contributed by atoms with E-state index in [1.165, 1.54) is 0 Å². The van der Waals surface area contributed by atoms with Crippen molar-refractivity contribution < 1.29 is 4.79 Å². The van der Waals surface area contributed by atoms with Gasteiger partial charge in [0.1, 0.15) is 0 Å². The van der Waals surface area contributed by atoms with Gasteiger partial charge in [0.05, 0.1) is 0 Å². The van der Waals surface area contributed by atoms with E-state index in [-0.39, 0.29) is 17.4 Å². The fourth-order valence-electron chi connectivity index (χ4n) is 2.68. The summed E-state index contributed by atoms with van der Waals surface area (Å²) in [6.07, 6.45) is 2.90. The van der Waals surface area contributed by atoms with E-state index in [2.05, 4.69) is 19.9 Å². The fraction of sp³-hybridized carbons (Fsp3) is 0.562. The van der Waals surface area contributed by atoms with Crippen molar-refractivity contribution in [1.82, 2.24) is 4.90 Å². The minimum atomic E-state index is -0.0149. The Labute approximate surface area is 125 Å². The number of carbonyl (C=O) groups excluding carboxylic acids is 1. The molecule has 1 unspecified atom stereocenters. The number of benzene rings is 1. The third-order valence-corrected chi connectivity index (χ3v) is 5.00. The molecule has 1 saturated heterocycles. The molecular weight excluding hydrogens is 268 g/mol. The number of hydrogen-bond donors (Lipinski definition) is 1. The molecule has 0 saturated carbocycles. The van der Waals surface area contributed by atoms with Crippen molar-refractivity contribution >= 4 is 17.7 Å².